The highest BCUT2D eigenvalue weighted by Gasteiger charge is 2.28. The topological polar surface area (TPSA) is 50.4 Å². The molecule has 1 atom stereocenters. The molecule has 0 aromatic heterocycles. The highest BCUT2D eigenvalue weighted by Crippen LogP contribution is 2.32. The number of benzene rings is 1. The molecule has 2 rings (SSSR count). The van der Waals surface area contributed by atoms with Crippen LogP contribution in [0, 0.1) is 5.92 Å². The number of rotatable bonds is 8. The number of carbonyl (C=O) groups is 1. The van der Waals surface area contributed by atoms with Crippen LogP contribution < -0.4 is 10.6 Å². The van der Waals surface area contributed by atoms with Gasteiger partial charge in [0.25, 0.3) is 0 Å². The molecule has 1 aromatic rings. The minimum atomic E-state index is -0.112. The molecule has 1 saturated carbocycles. The molecule has 1 aromatic carbocycles. The molecule has 116 valence electrons. The van der Waals surface area contributed by atoms with Gasteiger partial charge in [0, 0.05) is 30.3 Å². The van der Waals surface area contributed by atoms with Crippen molar-refractivity contribution < 1.29 is 9.53 Å². The molecule has 1 fully saturated rings. The molecule has 4 nitrogen and oxygen atoms in total. The van der Waals surface area contributed by atoms with Gasteiger partial charge in [0.1, 0.15) is 0 Å². The quantitative estimate of drug-likeness (QED) is 0.723. The van der Waals surface area contributed by atoms with E-state index in [-0.39, 0.29) is 12.1 Å². The molecule has 0 unspecified atom stereocenters. The van der Waals surface area contributed by atoms with Crippen LogP contribution in [0.4, 0.5) is 10.5 Å². The third-order valence-electron chi connectivity index (χ3n) is 3.57. The van der Waals surface area contributed by atoms with Crippen molar-refractivity contribution in [2.45, 2.75) is 31.6 Å². The molecule has 2 N–H and O–H groups in total. The molecule has 0 aliphatic heterocycles. The Morgan fingerprint density at radius 2 is 2.29 bits per heavy atom. The number of hydrogen-bond acceptors (Lipinski definition) is 3. The van der Waals surface area contributed by atoms with Gasteiger partial charge in [-0.05, 0) is 43.4 Å². The molecule has 0 bridgehead atoms. The third-order valence-corrected chi connectivity index (χ3v) is 4.57. The van der Waals surface area contributed by atoms with Crippen molar-refractivity contribution >= 4 is 23.5 Å². The van der Waals surface area contributed by atoms with Gasteiger partial charge in [-0.15, -0.1) is 0 Å². The van der Waals surface area contributed by atoms with Crippen LogP contribution in [0.5, 0.6) is 0 Å². The first-order valence-corrected chi connectivity index (χ1v) is 8.57. The van der Waals surface area contributed by atoms with Gasteiger partial charge in [0.15, 0.2) is 0 Å². The summed E-state index contributed by atoms with van der Waals surface area (Å²) in [7, 11) is 1.71. The number of ether oxygens (including phenoxy) is 1. The second-order valence-electron chi connectivity index (χ2n) is 5.47. The van der Waals surface area contributed by atoms with Crippen LogP contribution in [0.25, 0.3) is 0 Å². The lowest BCUT2D eigenvalue weighted by Gasteiger charge is -2.14. The first-order chi connectivity index (χ1) is 10.2. The molecule has 0 saturated heterocycles. The molecule has 1 aliphatic rings. The lowest BCUT2D eigenvalue weighted by Crippen LogP contribution is -2.37. The van der Waals surface area contributed by atoms with Gasteiger partial charge in [-0.1, -0.05) is 12.1 Å². The van der Waals surface area contributed by atoms with Crippen molar-refractivity contribution in [3.63, 3.8) is 0 Å². The summed E-state index contributed by atoms with van der Waals surface area (Å²) in [6, 6.07) is 8.16. The second-order valence-corrected chi connectivity index (χ2v) is 6.58. The Hall–Kier alpha value is -1.20. The Morgan fingerprint density at radius 3 is 3.00 bits per heavy atom. The van der Waals surface area contributed by atoms with Crippen molar-refractivity contribution in [1.29, 1.82) is 0 Å². The predicted molar refractivity (Wildman–Crippen MR) is 88.8 cm³/mol. The number of amides is 2. The van der Waals surface area contributed by atoms with Crippen LogP contribution in [-0.2, 0) is 10.5 Å². The van der Waals surface area contributed by atoms with Crippen LogP contribution >= 0.6 is 11.8 Å². The van der Waals surface area contributed by atoms with E-state index in [1.54, 1.807) is 7.11 Å². The largest absolute Gasteiger partial charge is 0.384 e. The molecule has 0 spiro atoms. The molecular weight excluding hydrogens is 284 g/mol. The summed E-state index contributed by atoms with van der Waals surface area (Å²) in [5.41, 5.74) is 2.06. The van der Waals surface area contributed by atoms with E-state index in [0.29, 0.717) is 5.92 Å². The van der Waals surface area contributed by atoms with Crippen molar-refractivity contribution in [2.75, 3.05) is 24.8 Å². The molecule has 0 heterocycles. The summed E-state index contributed by atoms with van der Waals surface area (Å²) in [6.45, 7) is 2.84. The summed E-state index contributed by atoms with van der Waals surface area (Å²) in [5.74, 6) is 2.58. The zero-order valence-electron chi connectivity index (χ0n) is 12.7. The summed E-state index contributed by atoms with van der Waals surface area (Å²) >= 11 is 1.83. The zero-order valence-corrected chi connectivity index (χ0v) is 13.5. The molecule has 2 amide bonds. The Balaban J connectivity index is 1.78. The highest BCUT2D eigenvalue weighted by molar-refractivity contribution is 7.98. The monoisotopic (exact) mass is 308 g/mol. The number of anilines is 1. The molecule has 0 radical (unpaired) electrons. The molecule has 5 heteroatoms. The Morgan fingerprint density at radius 1 is 1.48 bits per heavy atom. The van der Waals surface area contributed by atoms with E-state index in [9.17, 15) is 4.79 Å². The van der Waals surface area contributed by atoms with Gasteiger partial charge < -0.3 is 15.4 Å². The van der Waals surface area contributed by atoms with Gasteiger partial charge in [-0.3, -0.25) is 0 Å². The molecule has 1 aliphatic carbocycles. The van der Waals surface area contributed by atoms with Crippen molar-refractivity contribution in [2.24, 2.45) is 5.92 Å². The lowest BCUT2D eigenvalue weighted by molar-refractivity contribution is 0.218. The van der Waals surface area contributed by atoms with Crippen molar-refractivity contribution in [3.8, 4) is 0 Å². The number of methoxy groups -OCH3 is 1. The van der Waals surface area contributed by atoms with Gasteiger partial charge in [0.05, 0.1) is 6.61 Å². The summed E-state index contributed by atoms with van der Waals surface area (Å²) < 4.78 is 5.03. The first-order valence-electron chi connectivity index (χ1n) is 7.42. The molecule has 21 heavy (non-hydrogen) atoms. The van der Waals surface area contributed by atoms with Crippen LogP contribution in [0.2, 0.25) is 0 Å². The Bertz CT molecular complexity index is 463. The number of hydrogen-bond donors (Lipinski definition) is 2. The van der Waals surface area contributed by atoms with E-state index >= 15 is 0 Å². The normalized spacial score (nSPS) is 15.5. The predicted octanol–water partition coefficient (Wildman–Crippen LogP) is 3.49. The Kier molecular flexibility index (Phi) is 6.39. The fraction of sp³-hybridized carbons (Fsp3) is 0.562. The fourth-order valence-electron chi connectivity index (χ4n) is 2.16. The van der Waals surface area contributed by atoms with E-state index in [4.69, 9.17) is 4.74 Å². The van der Waals surface area contributed by atoms with Crippen LogP contribution in [0.15, 0.2) is 24.3 Å². The number of nitrogens with one attached hydrogen (secondary N) is 2. The van der Waals surface area contributed by atoms with Crippen LogP contribution in [-0.4, -0.2) is 31.5 Å². The van der Waals surface area contributed by atoms with E-state index in [1.807, 2.05) is 30.0 Å². The SMILES string of the molecule is COCCSCc1cccc(NC(=O)N[C@H](C)C2CC2)c1. The fourth-order valence-corrected chi connectivity index (χ4v) is 3.00. The number of carbonyl (C=O) groups excluding carboxylic acids is 1. The number of thioether (sulfide) groups is 1. The van der Waals surface area contributed by atoms with Gasteiger partial charge in [-0.25, -0.2) is 4.79 Å². The lowest BCUT2D eigenvalue weighted by atomic mass is 10.2. The number of urea groups is 1. The minimum absolute atomic E-state index is 0.112. The van der Waals surface area contributed by atoms with E-state index in [2.05, 4.69) is 23.6 Å². The van der Waals surface area contributed by atoms with Gasteiger partial charge in [0.2, 0.25) is 0 Å². The van der Waals surface area contributed by atoms with Crippen molar-refractivity contribution in [1.82, 2.24) is 5.32 Å². The third kappa shape index (κ3) is 5.98. The maximum Gasteiger partial charge on any atom is 0.319 e. The minimum Gasteiger partial charge on any atom is -0.384 e. The maximum absolute atomic E-state index is 11.9. The Labute approximate surface area is 131 Å². The van der Waals surface area contributed by atoms with E-state index in [0.717, 1.165) is 23.8 Å². The van der Waals surface area contributed by atoms with Crippen molar-refractivity contribution in [3.05, 3.63) is 29.8 Å². The standard InChI is InChI=1S/C16H24N2O2S/c1-12(14-6-7-14)17-16(19)18-15-5-3-4-13(10-15)11-21-9-8-20-2/h3-5,10,12,14H,6-9,11H2,1-2H3,(H2,17,18,19)/t12-/m1/s1. The van der Waals surface area contributed by atoms with Crippen LogP contribution in [0.3, 0.4) is 0 Å². The van der Waals surface area contributed by atoms with Gasteiger partial charge in [-0.2, -0.15) is 11.8 Å². The average Bonchev–Trinajstić information content (AvgIpc) is 3.28. The van der Waals surface area contributed by atoms with Crippen LogP contribution in [0.1, 0.15) is 25.3 Å². The zero-order chi connectivity index (χ0) is 15.1. The first kappa shape index (κ1) is 16.2. The maximum atomic E-state index is 11.9. The highest BCUT2D eigenvalue weighted by atomic mass is 32.2. The van der Waals surface area contributed by atoms with E-state index in [1.165, 1.54) is 18.4 Å². The second kappa shape index (κ2) is 8.29. The van der Waals surface area contributed by atoms with Gasteiger partial charge >= 0.3 is 6.03 Å². The smallest absolute Gasteiger partial charge is 0.319 e. The average molecular weight is 308 g/mol. The summed E-state index contributed by atoms with van der Waals surface area (Å²) in [6.07, 6.45) is 2.46. The van der Waals surface area contributed by atoms with E-state index < -0.39 is 0 Å². The summed E-state index contributed by atoms with van der Waals surface area (Å²) in [5, 5.41) is 5.91. The summed E-state index contributed by atoms with van der Waals surface area (Å²) in [4.78, 5) is 11.9. The molecular formula is C16H24N2O2S.